The maximum atomic E-state index is 13.7. The van der Waals surface area contributed by atoms with Crippen LogP contribution in [0.4, 0.5) is 8.78 Å². The van der Waals surface area contributed by atoms with Crippen LogP contribution in [-0.2, 0) is 13.1 Å². The molecule has 0 aliphatic rings. The van der Waals surface area contributed by atoms with Crippen LogP contribution in [0.25, 0.3) is 11.1 Å². The molecule has 5 heteroatoms. The Morgan fingerprint density at radius 1 is 0.885 bits per heavy atom. The molecule has 0 atom stereocenters. The van der Waals surface area contributed by atoms with Crippen LogP contribution in [0.3, 0.4) is 0 Å². The van der Waals surface area contributed by atoms with Crippen molar-refractivity contribution in [1.82, 2.24) is 5.32 Å². The number of nitrogens with two attached hydrogens (primary N) is 1. The first-order valence-corrected chi connectivity index (χ1v) is 8.19. The maximum absolute atomic E-state index is 13.7. The number of halogens is 2. The first-order chi connectivity index (χ1) is 12.6. The maximum Gasteiger partial charge on any atom is 0.252 e. The van der Waals surface area contributed by atoms with Crippen molar-refractivity contribution in [2.75, 3.05) is 0 Å². The van der Waals surface area contributed by atoms with Gasteiger partial charge in [-0.15, -0.1) is 0 Å². The van der Waals surface area contributed by atoms with Gasteiger partial charge in [-0.25, -0.2) is 8.78 Å². The van der Waals surface area contributed by atoms with Gasteiger partial charge in [-0.2, -0.15) is 0 Å². The molecule has 0 fully saturated rings. The normalized spacial score (nSPS) is 10.6. The predicted octanol–water partition coefficient (Wildman–Crippen LogP) is 4.02. The van der Waals surface area contributed by atoms with Gasteiger partial charge in [0.25, 0.3) is 5.91 Å². The van der Waals surface area contributed by atoms with Crippen molar-refractivity contribution in [2.45, 2.75) is 13.1 Å². The minimum atomic E-state index is -0.688. The fourth-order valence-corrected chi connectivity index (χ4v) is 2.81. The van der Waals surface area contributed by atoms with Gasteiger partial charge in [0.15, 0.2) is 0 Å². The van der Waals surface area contributed by atoms with Gasteiger partial charge in [0.2, 0.25) is 0 Å². The molecule has 0 spiro atoms. The third-order valence-corrected chi connectivity index (χ3v) is 4.15. The molecule has 132 valence electrons. The van der Waals surface area contributed by atoms with Gasteiger partial charge < -0.3 is 11.1 Å². The van der Waals surface area contributed by atoms with Gasteiger partial charge in [0, 0.05) is 30.3 Å². The van der Waals surface area contributed by atoms with Gasteiger partial charge in [-0.1, -0.05) is 48.5 Å². The Kier molecular flexibility index (Phi) is 5.39. The highest BCUT2D eigenvalue weighted by Crippen LogP contribution is 2.27. The molecule has 0 bridgehead atoms. The Bertz CT molecular complexity index is 941. The monoisotopic (exact) mass is 352 g/mol. The molecule has 0 heterocycles. The Morgan fingerprint density at radius 3 is 2.31 bits per heavy atom. The summed E-state index contributed by atoms with van der Waals surface area (Å²) in [5, 5.41) is 2.69. The summed E-state index contributed by atoms with van der Waals surface area (Å²) in [5.74, 6) is -1.68. The summed E-state index contributed by atoms with van der Waals surface area (Å²) in [7, 11) is 0. The van der Waals surface area contributed by atoms with Crippen molar-refractivity contribution in [3.63, 3.8) is 0 Å². The molecule has 0 unspecified atom stereocenters. The van der Waals surface area contributed by atoms with E-state index in [4.69, 9.17) is 5.73 Å². The van der Waals surface area contributed by atoms with E-state index in [2.05, 4.69) is 5.32 Å². The molecule has 3 aromatic rings. The van der Waals surface area contributed by atoms with E-state index in [0.717, 1.165) is 28.8 Å². The second kappa shape index (κ2) is 7.89. The van der Waals surface area contributed by atoms with Gasteiger partial charge in [-0.05, 0) is 28.8 Å². The van der Waals surface area contributed by atoms with Crippen LogP contribution in [0, 0.1) is 11.6 Å². The highest BCUT2D eigenvalue weighted by atomic mass is 19.1. The van der Waals surface area contributed by atoms with Gasteiger partial charge in [-0.3, -0.25) is 4.79 Å². The summed E-state index contributed by atoms with van der Waals surface area (Å²) in [6, 6.07) is 18.1. The van der Waals surface area contributed by atoms with Crippen molar-refractivity contribution in [2.24, 2.45) is 5.73 Å². The third-order valence-electron chi connectivity index (χ3n) is 4.15. The quantitative estimate of drug-likeness (QED) is 0.729. The first-order valence-electron chi connectivity index (χ1n) is 8.19. The summed E-state index contributed by atoms with van der Waals surface area (Å²) in [5.41, 5.74) is 9.06. The molecule has 3 aromatic carbocycles. The lowest BCUT2D eigenvalue weighted by molar-refractivity contribution is 0.0951. The topological polar surface area (TPSA) is 55.1 Å². The Hall–Kier alpha value is -3.05. The van der Waals surface area contributed by atoms with Crippen molar-refractivity contribution in [3.8, 4) is 11.1 Å². The second-order valence-electron chi connectivity index (χ2n) is 5.83. The number of carbonyl (C=O) groups excluding carboxylic acids is 1. The lowest BCUT2D eigenvalue weighted by Gasteiger charge is -2.13. The van der Waals surface area contributed by atoms with E-state index in [1.165, 1.54) is 6.07 Å². The van der Waals surface area contributed by atoms with Crippen molar-refractivity contribution < 1.29 is 13.6 Å². The molecular formula is C21H18F2N2O. The zero-order chi connectivity index (χ0) is 18.5. The smallest absolute Gasteiger partial charge is 0.252 e. The molecule has 3 rings (SSSR count). The molecule has 26 heavy (non-hydrogen) atoms. The lowest BCUT2D eigenvalue weighted by Crippen LogP contribution is -2.24. The van der Waals surface area contributed by atoms with Crippen LogP contribution in [0.5, 0.6) is 0 Å². The average Bonchev–Trinajstić information content (AvgIpc) is 2.67. The van der Waals surface area contributed by atoms with E-state index in [1.807, 2.05) is 36.4 Å². The summed E-state index contributed by atoms with van der Waals surface area (Å²) < 4.78 is 26.7. The van der Waals surface area contributed by atoms with Crippen LogP contribution in [0.1, 0.15) is 21.5 Å². The molecule has 0 aromatic heterocycles. The lowest BCUT2D eigenvalue weighted by atomic mass is 9.95. The molecule has 1 amide bonds. The fourth-order valence-electron chi connectivity index (χ4n) is 2.81. The Labute approximate surface area is 150 Å². The Morgan fingerprint density at radius 2 is 1.58 bits per heavy atom. The molecule has 0 radical (unpaired) electrons. The largest absolute Gasteiger partial charge is 0.348 e. The van der Waals surface area contributed by atoms with E-state index in [1.54, 1.807) is 12.1 Å². The number of carbonyl (C=O) groups is 1. The highest BCUT2D eigenvalue weighted by Gasteiger charge is 2.15. The van der Waals surface area contributed by atoms with E-state index in [-0.39, 0.29) is 18.0 Å². The van der Waals surface area contributed by atoms with E-state index in [9.17, 15) is 13.6 Å². The van der Waals surface area contributed by atoms with Crippen LogP contribution >= 0.6 is 0 Å². The van der Waals surface area contributed by atoms with E-state index < -0.39 is 11.6 Å². The predicted molar refractivity (Wildman–Crippen MR) is 97.3 cm³/mol. The van der Waals surface area contributed by atoms with E-state index >= 15 is 0 Å². The Balaban J connectivity index is 1.86. The highest BCUT2D eigenvalue weighted by molar-refractivity contribution is 6.01. The molecule has 0 aliphatic heterocycles. The van der Waals surface area contributed by atoms with Gasteiger partial charge in [0.05, 0.1) is 0 Å². The summed E-state index contributed by atoms with van der Waals surface area (Å²) >= 11 is 0. The number of hydrogen-bond acceptors (Lipinski definition) is 2. The zero-order valence-corrected chi connectivity index (χ0v) is 14.0. The molecule has 0 aliphatic carbocycles. The molecule has 3 N–H and O–H groups in total. The average molecular weight is 352 g/mol. The summed E-state index contributed by atoms with van der Waals surface area (Å²) in [6.45, 7) is 0.324. The van der Waals surface area contributed by atoms with Gasteiger partial charge in [0.1, 0.15) is 11.6 Å². The first kappa shape index (κ1) is 17.8. The third kappa shape index (κ3) is 3.78. The number of benzene rings is 3. The van der Waals surface area contributed by atoms with Crippen LogP contribution in [0.15, 0.2) is 66.7 Å². The zero-order valence-electron chi connectivity index (χ0n) is 14.0. The summed E-state index contributed by atoms with van der Waals surface area (Å²) in [6.07, 6.45) is 0. The minimum absolute atomic E-state index is 0.0299. The number of rotatable bonds is 5. The van der Waals surface area contributed by atoms with Crippen molar-refractivity contribution in [3.05, 3.63) is 95.1 Å². The number of nitrogens with one attached hydrogen (secondary N) is 1. The van der Waals surface area contributed by atoms with Crippen molar-refractivity contribution >= 4 is 5.91 Å². The second-order valence-corrected chi connectivity index (χ2v) is 5.83. The van der Waals surface area contributed by atoms with Gasteiger partial charge >= 0.3 is 0 Å². The standard InChI is InChI=1S/C21H18F2N2O/c22-16-10-9-15(20(23)11-16)13-25-21(26)19-8-4-3-7-18(19)17-6-2-1-5-14(17)12-24/h1-11H,12-13,24H2,(H,25,26). The summed E-state index contributed by atoms with van der Waals surface area (Å²) in [4.78, 5) is 12.7. The van der Waals surface area contributed by atoms with Crippen molar-refractivity contribution in [1.29, 1.82) is 0 Å². The number of amides is 1. The molecule has 3 nitrogen and oxygen atoms in total. The fraction of sp³-hybridized carbons (Fsp3) is 0.0952. The molecular weight excluding hydrogens is 334 g/mol. The SMILES string of the molecule is NCc1ccccc1-c1ccccc1C(=O)NCc1ccc(F)cc1F. The van der Waals surface area contributed by atoms with Crippen LogP contribution in [0.2, 0.25) is 0 Å². The van der Waals surface area contributed by atoms with Crippen LogP contribution < -0.4 is 11.1 Å². The van der Waals surface area contributed by atoms with Crippen LogP contribution in [-0.4, -0.2) is 5.91 Å². The molecule has 0 saturated carbocycles. The molecule has 0 saturated heterocycles. The number of hydrogen-bond donors (Lipinski definition) is 2. The minimum Gasteiger partial charge on any atom is -0.348 e. The van der Waals surface area contributed by atoms with E-state index in [0.29, 0.717) is 12.1 Å².